The number of ether oxygens (including phenoxy) is 1. The molecule has 1 unspecified atom stereocenters. The van der Waals surface area contributed by atoms with Crippen molar-refractivity contribution >= 4 is 35.2 Å². The van der Waals surface area contributed by atoms with Gasteiger partial charge in [-0.15, -0.1) is 0 Å². The van der Waals surface area contributed by atoms with Crippen molar-refractivity contribution < 1.29 is 9.53 Å². The molecule has 0 amide bonds. The highest BCUT2D eigenvalue weighted by Crippen LogP contribution is 2.44. The first-order chi connectivity index (χ1) is 11.6. The van der Waals surface area contributed by atoms with E-state index in [0.717, 1.165) is 23.5 Å². The molecule has 2 N–H and O–H groups in total. The number of nitrogens with zero attached hydrogens (tertiary/aromatic N) is 1. The van der Waals surface area contributed by atoms with E-state index in [9.17, 15) is 4.79 Å². The van der Waals surface area contributed by atoms with Crippen molar-refractivity contribution in [2.24, 2.45) is 0 Å². The van der Waals surface area contributed by atoms with Crippen molar-refractivity contribution in [2.45, 2.75) is 17.2 Å². The zero-order valence-electron chi connectivity index (χ0n) is 13.7. The number of anilines is 2. The second-order valence-corrected chi connectivity index (χ2v) is 6.65. The van der Waals surface area contributed by atoms with Crippen molar-refractivity contribution in [1.29, 1.82) is 0 Å². The molecular weight excluding hydrogens is 320 g/mol. The first-order valence-corrected chi connectivity index (χ1v) is 8.69. The van der Waals surface area contributed by atoms with Gasteiger partial charge in [0.2, 0.25) is 0 Å². The van der Waals surface area contributed by atoms with Gasteiger partial charge in [-0.3, -0.25) is 0 Å². The maximum atomic E-state index is 11.8. The monoisotopic (exact) mass is 340 g/mol. The van der Waals surface area contributed by atoms with E-state index in [1.54, 1.807) is 11.8 Å². The Hall–Kier alpha value is -2.40. The lowest BCUT2D eigenvalue weighted by molar-refractivity contribution is 0.0600. The predicted octanol–water partition coefficient (Wildman–Crippen LogP) is 4.03. The lowest BCUT2D eigenvalue weighted by atomic mass is 10.1. The van der Waals surface area contributed by atoms with Gasteiger partial charge < -0.3 is 15.4 Å². The molecule has 0 aliphatic carbocycles. The van der Waals surface area contributed by atoms with E-state index in [4.69, 9.17) is 10.5 Å². The highest BCUT2D eigenvalue weighted by Gasteiger charge is 2.28. The molecule has 0 aromatic heterocycles. The van der Waals surface area contributed by atoms with Crippen LogP contribution in [0.5, 0.6) is 0 Å². The van der Waals surface area contributed by atoms with Crippen LogP contribution in [0.4, 0.5) is 11.4 Å². The number of hydrogen-bond acceptors (Lipinski definition) is 5. The summed E-state index contributed by atoms with van der Waals surface area (Å²) in [6.45, 7) is 2.98. The minimum absolute atomic E-state index is 0.204. The minimum Gasteiger partial charge on any atom is -0.465 e. The summed E-state index contributed by atoms with van der Waals surface area (Å²) < 4.78 is 4.82. The largest absolute Gasteiger partial charge is 0.465 e. The Labute approximate surface area is 146 Å². The van der Waals surface area contributed by atoms with Crippen LogP contribution in [0.1, 0.15) is 22.8 Å². The molecule has 5 heteroatoms. The Kier molecular flexibility index (Phi) is 4.81. The molecule has 4 nitrogen and oxygen atoms in total. The number of nitrogen functional groups attached to an aromatic ring is 1. The highest BCUT2D eigenvalue weighted by atomic mass is 32.2. The highest BCUT2D eigenvalue weighted by molar-refractivity contribution is 8.00. The van der Waals surface area contributed by atoms with Gasteiger partial charge >= 0.3 is 5.97 Å². The Morgan fingerprint density at radius 1 is 1.29 bits per heavy atom. The normalized spacial score (nSPS) is 16.4. The van der Waals surface area contributed by atoms with Crippen LogP contribution in [0.2, 0.25) is 0 Å². The molecule has 1 heterocycles. The van der Waals surface area contributed by atoms with Gasteiger partial charge in [0.15, 0.2) is 0 Å². The molecule has 2 aromatic carbocycles. The van der Waals surface area contributed by atoms with E-state index >= 15 is 0 Å². The van der Waals surface area contributed by atoms with Crippen molar-refractivity contribution in [1.82, 2.24) is 0 Å². The Morgan fingerprint density at radius 3 is 2.71 bits per heavy atom. The first-order valence-electron chi connectivity index (χ1n) is 7.81. The lowest BCUT2D eigenvalue weighted by Gasteiger charge is -2.22. The van der Waals surface area contributed by atoms with Gasteiger partial charge in [0.05, 0.1) is 23.7 Å². The van der Waals surface area contributed by atoms with Crippen LogP contribution in [-0.4, -0.2) is 25.0 Å². The third-order valence-corrected chi connectivity index (χ3v) is 5.23. The number of nitrogens with two attached hydrogens (primary N) is 1. The van der Waals surface area contributed by atoms with Gasteiger partial charge in [0, 0.05) is 17.1 Å². The minimum atomic E-state index is -0.306. The maximum absolute atomic E-state index is 11.8. The number of likely N-dealkylation sites (N-methyl/N-ethyl adjacent to an activating group) is 1. The van der Waals surface area contributed by atoms with Crippen LogP contribution in [0.15, 0.2) is 53.4 Å². The van der Waals surface area contributed by atoms with Gasteiger partial charge in [-0.1, -0.05) is 36.0 Å². The average molecular weight is 340 g/mol. The summed E-state index contributed by atoms with van der Waals surface area (Å²) in [5.41, 5.74) is 9.27. The van der Waals surface area contributed by atoms with Gasteiger partial charge in [-0.2, -0.15) is 0 Å². The van der Waals surface area contributed by atoms with E-state index in [0.29, 0.717) is 5.56 Å². The lowest BCUT2D eigenvalue weighted by Crippen LogP contribution is -2.27. The number of carbonyl (C=O) groups excluding carboxylic acids is 1. The number of methoxy groups -OCH3 is 1. The summed E-state index contributed by atoms with van der Waals surface area (Å²) >= 11 is 1.78. The molecule has 0 saturated carbocycles. The molecule has 1 aliphatic heterocycles. The zero-order valence-corrected chi connectivity index (χ0v) is 14.5. The molecule has 24 heavy (non-hydrogen) atoms. The Bertz CT molecular complexity index is 771. The van der Waals surface area contributed by atoms with Crippen LogP contribution < -0.4 is 10.6 Å². The standard InChI is InChI=1S/C19H20N2O2S/c1-3-21-16-12-14(19(22)23-2)7-10-17(16)24-18(21)11-6-13-4-8-15(20)9-5-13/h4-12,18H,3,20H2,1-2H3/b11-6+. The Morgan fingerprint density at radius 2 is 2.04 bits per heavy atom. The number of hydrogen-bond donors (Lipinski definition) is 1. The topological polar surface area (TPSA) is 55.6 Å². The summed E-state index contributed by atoms with van der Waals surface area (Å²) in [4.78, 5) is 15.2. The number of fused-ring (bicyclic) bond motifs is 1. The summed E-state index contributed by atoms with van der Waals surface area (Å²) in [5, 5.41) is 0.204. The number of carbonyl (C=O) groups is 1. The molecule has 0 bridgehead atoms. The summed E-state index contributed by atoms with van der Waals surface area (Å²) in [7, 11) is 1.40. The number of benzene rings is 2. The summed E-state index contributed by atoms with van der Waals surface area (Å²) in [6, 6.07) is 13.5. The van der Waals surface area contributed by atoms with Crippen LogP contribution in [0, 0.1) is 0 Å². The molecule has 0 saturated heterocycles. The van der Waals surface area contributed by atoms with Crippen LogP contribution in [0.25, 0.3) is 6.08 Å². The summed E-state index contributed by atoms with van der Waals surface area (Å²) in [5.74, 6) is -0.306. The summed E-state index contributed by atoms with van der Waals surface area (Å²) in [6.07, 6.45) is 4.28. The van der Waals surface area contributed by atoms with E-state index in [2.05, 4.69) is 24.0 Å². The van der Waals surface area contributed by atoms with Gasteiger partial charge in [-0.05, 0) is 42.8 Å². The second-order valence-electron chi connectivity index (χ2n) is 5.49. The fourth-order valence-electron chi connectivity index (χ4n) is 2.71. The van der Waals surface area contributed by atoms with Crippen molar-refractivity contribution in [2.75, 3.05) is 24.3 Å². The molecule has 0 fully saturated rings. The van der Waals surface area contributed by atoms with Crippen molar-refractivity contribution in [3.63, 3.8) is 0 Å². The molecular formula is C19H20N2O2S. The van der Waals surface area contributed by atoms with Gasteiger partial charge in [0.25, 0.3) is 0 Å². The fraction of sp³-hybridized carbons (Fsp3) is 0.211. The molecule has 124 valence electrons. The molecule has 0 radical (unpaired) electrons. The van der Waals surface area contributed by atoms with E-state index < -0.39 is 0 Å². The number of rotatable bonds is 4. The van der Waals surface area contributed by atoms with E-state index in [1.807, 2.05) is 42.5 Å². The second kappa shape index (κ2) is 7.01. The van der Waals surface area contributed by atoms with Crippen molar-refractivity contribution in [3.05, 3.63) is 59.7 Å². The van der Waals surface area contributed by atoms with Crippen LogP contribution in [0.3, 0.4) is 0 Å². The van der Waals surface area contributed by atoms with Crippen molar-refractivity contribution in [3.8, 4) is 0 Å². The smallest absolute Gasteiger partial charge is 0.337 e. The number of thioether (sulfide) groups is 1. The average Bonchev–Trinajstić information content (AvgIpc) is 2.97. The Balaban J connectivity index is 1.83. The SMILES string of the molecule is CCN1c2cc(C(=O)OC)ccc2SC1/C=C/c1ccc(N)cc1. The molecule has 2 aromatic rings. The van der Waals surface area contributed by atoms with E-state index in [-0.39, 0.29) is 11.3 Å². The predicted molar refractivity (Wildman–Crippen MR) is 100 cm³/mol. The fourth-order valence-corrected chi connectivity index (χ4v) is 3.96. The number of esters is 1. The van der Waals surface area contributed by atoms with E-state index in [1.165, 1.54) is 12.0 Å². The molecule has 3 rings (SSSR count). The molecule has 1 aliphatic rings. The first kappa shape index (κ1) is 16.5. The van der Waals surface area contributed by atoms with Crippen LogP contribution >= 0.6 is 11.8 Å². The molecule has 0 spiro atoms. The van der Waals surface area contributed by atoms with Gasteiger partial charge in [-0.25, -0.2) is 4.79 Å². The third kappa shape index (κ3) is 3.26. The van der Waals surface area contributed by atoms with Gasteiger partial charge in [0.1, 0.15) is 0 Å². The zero-order chi connectivity index (χ0) is 17.1. The maximum Gasteiger partial charge on any atom is 0.337 e. The third-order valence-electron chi connectivity index (χ3n) is 3.97. The van der Waals surface area contributed by atoms with Crippen LogP contribution in [-0.2, 0) is 4.74 Å². The quantitative estimate of drug-likeness (QED) is 0.673. The molecule has 1 atom stereocenters.